The molecule has 1 aliphatic heterocycles. The van der Waals surface area contributed by atoms with Crippen LogP contribution in [-0.4, -0.2) is 18.9 Å². The molecule has 2 N–H and O–H groups in total. The molecule has 5 nitrogen and oxygen atoms in total. The largest absolute Gasteiger partial charge is 0.497 e. The Hall–Kier alpha value is -3.51. The lowest BCUT2D eigenvalue weighted by Gasteiger charge is -2.19. The van der Waals surface area contributed by atoms with Crippen LogP contribution in [0.5, 0.6) is 5.75 Å². The molecule has 0 atom stereocenters. The second-order valence-electron chi connectivity index (χ2n) is 7.22. The first-order valence-corrected chi connectivity index (χ1v) is 10.7. The first-order valence-electron chi connectivity index (χ1n) is 9.84. The number of benzene rings is 3. The first kappa shape index (κ1) is 20.8. The van der Waals surface area contributed by atoms with Crippen molar-refractivity contribution in [3.8, 4) is 5.75 Å². The van der Waals surface area contributed by atoms with Crippen LogP contribution in [0.3, 0.4) is 0 Å². The molecular formula is C25H22N2O3S. The minimum atomic E-state index is -0.189. The highest BCUT2D eigenvalue weighted by molar-refractivity contribution is 8.04. The van der Waals surface area contributed by atoms with Crippen molar-refractivity contribution >= 4 is 35.3 Å². The van der Waals surface area contributed by atoms with E-state index in [2.05, 4.69) is 10.6 Å². The lowest BCUT2D eigenvalue weighted by Crippen LogP contribution is -2.23. The van der Waals surface area contributed by atoms with Gasteiger partial charge in [0.25, 0.3) is 11.8 Å². The van der Waals surface area contributed by atoms with Crippen molar-refractivity contribution in [3.63, 3.8) is 0 Å². The van der Waals surface area contributed by atoms with E-state index in [0.717, 1.165) is 21.8 Å². The molecule has 1 aliphatic rings. The monoisotopic (exact) mass is 430 g/mol. The van der Waals surface area contributed by atoms with E-state index in [4.69, 9.17) is 4.74 Å². The molecule has 4 rings (SSSR count). The zero-order chi connectivity index (χ0) is 21.8. The van der Waals surface area contributed by atoms with Crippen LogP contribution in [0, 0.1) is 6.92 Å². The molecule has 0 aromatic heterocycles. The summed E-state index contributed by atoms with van der Waals surface area (Å²) in [6, 6.07) is 20.9. The van der Waals surface area contributed by atoms with Gasteiger partial charge in [-0.3, -0.25) is 9.59 Å². The Morgan fingerprint density at radius 1 is 1.06 bits per heavy atom. The van der Waals surface area contributed by atoms with Gasteiger partial charge in [-0.15, -0.1) is 0 Å². The second kappa shape index (κ2) is 9.10. The van der Waals surface area contributed by atoms with Gasteiger partial charge in [-0.05, 0) is 54.5 Å². The summed E-state index contributed by atoms with van der Waals surface area (Å²) in [7, 11) is 1.62. The van der Waals surface area contributed by atoms with Gasteiger partial charge in [0.15, 0.2) is 0 Å². The lowest BCUT2D eigenvalue weighted by molar-refractivity contribution is -0.112. The van der Waals surface area contributed by atoms with E-state index in [-0.39, 0.29) is 11.8 Å². The first-order chi connectivity index (χ1) is 15.0. The van der Waals surface area contributed by atoms with Gasteiger partial charge in [-0.1, -0.05) is 53.7 Å². The van der Waals surface area contributed by atoms with Crippen LogP contribution in [0.1, 0.15) is 27.0 Å². The summed E-state index contributed by atoms with van der Waals surface area (Å²) < 4.78 is 5.17. The summed E-state index contributed by atoms with van der Waals surface area (Å²) in [6.45, 7) is 2.48. The van der Waals surface area contributed by atoms with Gasteiger partial charge >= 0.3 is 0 Å². The van der Waals surface area contributed by atoms with E-state index in [1.54, 1.807) is 19.2 Å². The predicted molar refractivity (Wildman–Crippen MR) is 124 cm³/mol. The van der Waals surface area contributed by atoms with E-state index in [0.29, 0.717) is 22.7 Å². The third-order valence-electron chi connectivity index (χ3n) is 4.92. The highest BCUT2D eigenvalue weighted by Gasteiger charge is 2.22. The number of anilines is 1. The molecule has 0 unspecified atom stereocenters. The number of aryl methyl sites for hydroxylation is 1. The number of thioether (sulfide) groups is 1. The number of carbonyl (C=O) groups is 2. The van der Waals surface area contributed by atoms with E-state index in [1.807, 2.05) is 67.6 Å². The van der Waals surface area contributed by atoms with E-state index < -0.39 is 0 Å². The summed E-state index contributed by atoms with van der Waals surface area (Å²) in [6.07, 6.45) is 1.84. The van der Waals surface area contributed by atoms with Gasteiger partial charge in [0.1, 0.15) is 5.75 Å². The van der Waals surface area contributed by atoms with Crippen molar-refractivity contribution < 1.29 is 14.3 Å². The summed E-state index contributed by atoms with van der Waals surface area (Å²) in [5, 5.41) is 5.82. The molecule has 6 heteroatoms. The number of fused-ring (bicyclic) bond motifs is 1. The molecule has 0 spiro atoms. The van der Waals surface area contributed by atoms with Crippen LogP contribution in [0.15, 0.2) is 76.5 Å². The van der Waals surface area contributed by atoms with Crippen molar-refractivity contribution in [2.75, 3.05) is 12.4 Å². The number of methoxy groups -OCH3 is 1. The molecule has 156 valence electrons. The topological polar surface area (TPSA) is 67.4 Å². The Morgan fingerprint density at radius 2 is 1.81 bits per heavy atom. The summed E-state index contributed by atoms with van der Waals surface area (Å²) in [5.74, 6) is 0.397. The maximum atomic E-state index is 12.6. The van der Waals surface area contributed by atoms with Crippen molar-refractivity contribution in [2.24, 2.45) is 0 Å². The fourth-order valence-corrected chi connectivity index (χ4v) is 4.08. The molecule has 1 heterocycles. The number of amides is 2. The van der Waals surface area contributed by atoms with Crippen LogP contribution in [0.2, 0.25) is 0 Å². The average Bonchev–Trinajstić information content (AvgIpc) is 2.79. The van der Waals surface area contributed by atoms with Crippen molar-refractivity contribution in [1.29, 1.82) is 0 Å². The molecule has 0 bridgehead atoms. The third kappa shape index (κ3) is 4.98. The maximum absolute atomic E-state index is 12.6. The van der Waals surface area contributed by atoms with Gasteiger partial charge in [-0.2, -0.15) is 0 Å². The molecule has 3 aromatic rings. The summed E-state index contributed by atoms with van der Waals surface area (Å²) in [4.78, 5) is 26.6. The number of rotatable bonds is 5. The summed E-state index contributed by atoms with van der Waals surface area (Å²) >= 11 is 1.39. The Morgan fingerprint density at radius 3 is 2.52 bits per heavy atom. The van der Waals surface area contributed by atoms with Crippen molar-refractivity contribution in [2.45, 2.75) is 18.4 Å². The van der Waals surface area contributed by atoms with Crippen LogP contribution >= 0.6 is 11.8 Å². The van der Waals surface area contributed by atoms with Crippen LogP contribution in [0.25, 0.3) is 6.08 Å². The maximum Gasteiger partial charge on any atom is 0.262 e. The normalized spacial score (nSPS) is 14.0. The zero-order valence-corrected chi connectivity index (χ0v) is 18.1. The van der Waals surface area contributed by atoms with Gasteiger partial charge < -0.3 is 15.4 Å². The summed E-state index contributed by atoms with van der Waals surface area (Å²) in [5.41, 5.74) is 4.28. The van der Waals surface area contributed by atoms with Crippen molar-refractivity contribution in [3.05, 3.63) is 93.9 Å². The van der Waals surface area contributed by atoms with Gasteiger partial charge in [0.05, 0.1) is 17.7 Å². The fraction of sp³-hybridized carbons (Fsp3) is 0.120. The predicted octanol–water partition coefficient (Wildman–Crippen LogP) is 5.02. The van der Waals surface area contributed by atoms with Crippen LogP contribution < -0.4 is 15.4 Å². The standard InChI is InChI=1S/C25H22N2O3S/c1-16-3-5-18(6-4-16)15-26-24(28)19-9-12-22-21(14-19)27-25(29)23(31-22)13-17-7-10-20(30-2)11-8-17/h3-14H,15H2,1-2H3,(H,26,28)(H,27,29)/b23-13+. The number of hydrogen-bond donors (Lipinski definition) is 2. The number of hydrogen-bond acceptors (Lipinski definition) is 4. The van der Waals surface area contributed by atoms with E-state index in [1.165, 1.54) is 17.3 Å². The highest BCUT2D eigenvalue weighted by Crippen LogP contribution is 2.39. The fourth-order valence-electron chi connectivity index (χ4n) is 3.14. The van der Waals surface area contributed by atoms with Crippen LogP contribution in [-0.2, 0) is 11.3 Å². The molecule has 0 radical (unpaired) electrons. The zero-order valence-electron chi connectivity index (χ0n) is 17.3. The third-order valence-corrected chi connectivity index (χ3v) is 6.02. The van der Waals surface area contributed by atoms with E-state index in [9.17, 15) is 9.59 Å². The molecule has 0 saturated carbocycles. The van der Waals surface area contributed by atoms with Gasteiger partial charge in [0.2, 0.25) is 0 Å². The Bertz CT molecular complexity index is 1150. The minimum absolute atomic E-state index is 0.179. The molecule has 3 aromatic carbocycles. The number of ether oxygens (including phenoxy) is 1. The SMILES string of the molecule is COc1ccc(/C=C2/Sc3ccc(C(=O)NCc4ccc(C)cc4)cc3NC2=O)cc1. The molecule has 0 aliphatic carbocycles. The van der Waals surface area contributed by atoms with Gasteiger partial charge in [0, 0.05) is 17.0 Å². The quantitative estimate of drug-likeness (QED) is 0.558. The smallest absolute Gasteiger partial charge is 0.262 e. The van der Waals surface area contributed by atoms with E-state index >= 15 is 0 Å². The number of nitrogens with one attached hydrogen (secondary N) is 2. The van der Waals surface area contributed by atoms with Crippen LogP contribution in [0.4, 0.5) is 5.69 Å². The number of carbonyl (C=O) groups excluding carboxylic acids is 2. The Balaban J connectivity index is 1.46. The average molecular weight is 431 g/mol. The Kier molecular flexibility index (Phi) is 6.09. The molecule has 31 heavy (non-hydrogen) atoms. The van der Waals surface area contributed by atoms with Gasteiger partial charge in [-0.25, -0.2) is 0 Å². The molecule has 0 fully saturated rings. The minimum Gasteiger partial charge on any atom is -0.497 e. The highest BCUT2D eigenvalue weighted by atomic mass is 32.2. The lowest BCUT2D eigenvalue weighted by atomic mass is 10.1. The molecule has 0 saturated heterocycles. The molecule has 2 amide bonds. The second-order valence-corrected chi connectivity index (χ2v) is 8.30. The molecular weight excluding hydrogens is 408 g/mol. The van der Waals surface area contributed by atoms with Crippen molar-refractivity contribution in [1.82, 2.24) is 5.32 Å². The Labute approximate surface area is 185 Å².